The maximum Gasteiger partial charge on any atom is 0.306 e. The molecule has 0 radical (unpaired) electrons. The molecule has 0 aromatic carbocycles. The van der Waals surface area contributed by atoms with Crippen molar-refractivity contribution in [3.63, 3.8) is 0 Å². The monoisotopic (exact) mass is 216 g/mol. The van der Waals surface area contributed by atoms with Crippen molar-refractivity contribution in [1.82, 2.24) is 0 Å². The molecule has 3 heteroatoms. The Morgan fingerprint density at radius 1 is 1.20 bits per heavy atom. The Morgan fingerprint density at radius 3 is 2.40 bits per heavy atom. The zero-order valence-corrected chi connectivity index (χ0v) is 10.00. The number of rotatable bonds is 10. The van der Waals surface area contributed by atoms with Crippen molar-refractivity contribution in [2.24, 2.45) is 5.92 Å². The van der Waals surface area contributed by atoms with Gasteiger partial charge in [-0.25, -0.2) is 0 Å². The lowest BCUT2D eigenvalue weighted by molar-refractivity contribution is -0.142. The molecule has 0 aliphatic rings. The Hall–Kier alpha value is -0.570. The zero-order valence-electron chi connectivity index (χ0n) is 10.00. The summed E-state index contributed by atoms with van der Waals surface area (Å²) in [6, 6.07) is 0. The molecule has 0 saturated carbocycles. The van der Waals surface area contributed by atoms with E-state index >= 15 is 0 Å². The smallest absolute Gasteiger partial charge is 0.306 e. The molecule has 15 heavy (non-hydrogen) atoms. The summed E-state index contributed by atoms with van der Waals surface area (Å²) in [7, 11) is 0. The van der Waals surface area contributed by atoms with Crippen molar-refractivity contribution in [2.45, 2.75) is 52.4 Å². The van der Waals surface area contributed by atoms with E-state index in [-0.39, 0.29) is 5.92 Å². The number of carboxylic acid groups (broad SMARTS) is 1. The Morgan fingerprint density at radius 2 is 1.87 bits per heavy atom. The van der Waals surface area contributed by atoms with Gasteiger partial charge in [0, 0.05) is 13.2 Å². The number of unbranched alkanes of at least 4 members (excludes halogenated alkanes) is 2. The third-order valence-electron chi connectivity index (χ3n) is 2.58. The molecule has 1 unspecified atom stereocenters. The summed E-state index contributed by atoms with van der Waals surface area (Å²) in [6.45, 7) is 5.60. The minimum absolute atomic E-state index is 0.191. The summed E-state index contributed by atoms with van der Waals surface area (Å²) in [6.07, 6.45) is 5.85. The molecule has 0 heterocycles. The SMILES string of the molecule is CCCCCOCCCC(CC)C(=O)O. The van der Waals surface area contributed by atoms with Gasteiger partial charge in [0.05, 0.1) is 5.92 Å². The molecular weight excluding hydrogens is 192 g/mol. The number of hydrogen-bond donors (Lipinski definition) is 1. The van der Waals surface area contributed by atoms with Crippen molar-refractivity contribution in [2.75, 3.05) is 13.2 Å². The van der Waals surface area contributed by atoms with Crippen LogP contribution in [0.4, 0.5) is 0 Å². The van der Waals surface area contributed by atoms with Crippen molar-refractivity contribution in [3.8, 4) is 0 Å². The van der Waals surface area contributed by atoms with Crippen LogP contribution in [0.2, 0.25) is 0 Å². The van der Waals surface area contributed by atoms with Crippen LogP contribution in [-0.2, 0) is 9.53 Å². The van der Waals surface area contributed by atoms with Crippen LogP contribution in [-0.4, -0.2) is 24.3 Å². The zero-order chi connectivity index (χ0) is 11.5. The number of aliphatic carboxylic acids is 1. The van der Waals surface area contributed by atoms with Crippen LogP contribution in [0.15, 0.2) is 0 Å². The predicted octanol–water partition coefficient (Wildman–Crippen LogP) is 3.08. The number of ether oxygens (including phenoxy) is 1. The van der Waals surface area contributed by atoms with E-state index in [0.29, 0.717) is 13.0 Å². The molecule has 0 aromatic heterocycles. The molecule has 0 amide bonds. The van der Waals surface area contributed by atoms with Gasteiger partial charge >= 0.3 is 5.97 Å². The van der Waals surface area contributed by atoms with Gasteiger partial charge in [0.25, 0.3) is 0 Å². The first-order chi connectivity index (χ1) is 7.22. The van der Waals surface area contributed by atoms with E-state index in [2.05, 4.69) is 6.92 Å². The molecule has 0 aliphatic carbocycles. The van der Waals surface area contributed by atoms with Gasteiger partial charge in [0.2, 0.25) is 0 Å². The average Bonchev–Trinajstić information content (AvgIpc) is 2.21. The molecule has 0 spiro atoms. The molecule has 1 atom stereocenters. The van der Waals surface area contributed by atoms with Gasteiger partial charge in [0.1, 0.15) is 0 Å². The highest BCUT2D eigenvalue weighted by Crippen LogP contribution is 2.10. The molecule has 3 nitrogen and oxygen atoms in total. The summed E-state index contributed by atoms with van der Waals surface area (Å²) in [5.41, 5.74) is 0. The molecule has 0 rings (SSSR count). The largest absolute Gasteiger partial charge is 0.481 e. The second-order valence-corrected chi connectivity index (χ2v) is 3.91. The van der Waals surface area contributed by atoms with E-state index in [4.69, 9.17) is 9.84 Å². The molecule has 90 valence electrons. The second-order valence-electron chi connectivity index (χ2n) is 3.91. The fourth-order valence-corrected chi connectivity index (χ4v) is 1.49. The molecule has 0 saturated heterocycles. The van der Waals surface area contributed by atoms with Crippen LogP contribution < -0.4 is 0 Å². The number of carboxylic acids is 1. The van der Waals surface area contributed by atoms with E-state index in [1.165, 1.54) is 12.8 Å². The predicted molar refractivity (Wildman–Crippen MR) is 61.0 cm³/mol. The third kappa shape index (κ3) is 8.43. The van der Waals surface area contributed by atoms with Crippen molar-refractivity contribution in [3.05, 3.63) is 0 Å². The van der Waals surface area contributed by atoms with Crippen LogP contribution >= 0.6 is 0 Å². The normalized spacial score (nSPS) is 12.7. The first-order valence-electron chi connectivity index (χ1n) is 6.02. The highest BCUT2D eigenvalue weighted by molar-refractivity contribution is 5.69. The fraction of sp³-hybridized carbons (Fsp3) is 0.917. The third-order valence-corrected chi connectivity index (χ3v) is 2.58. The molecule has 1 N–H and O–H groups in total. The molecule has 0 aromatic rings. The standard InChI is InChI=1S/C12H24O3/c1-3-5-6-9-15-10-7-8-11(4-2)12(13)14/h11H,3-10H2,1-2H3,(H,13,14). The first kappa shape index (κ1) is 14.4. The van der Waals surface area contributed by atoms with Crippen LogP contribution in [0, 0.1) is 5.92 Å². The van der Waals surface area contributed by atoms with Crippen molar-refractivity contribution in [1.29, 1.82) is 0 Å². The number of hydrogen-bond acceptors (Lipinski definition) is 2. The van der Waals surface area contributed by atoms with Gasteiger partial charge in [-0.15, -0.1) is 0 Å². The summed E-state index contributed by atoms with van der Waals surface area (Å²) in [4.78, 5) is 10.7. The Kier molecular flexibility index (Phi) is 9.59. The Bertz CT molecular complexity index is 157. The fourth-order valence-electron chi connectivity index (χ4n) is 1.49. The van der Waals surface area contributed by atoms with Gasteiger partial charge in [-0.3, -0.25) is 4.79 Å². The van der Waals surface area contributed by atoms with Gasteiger partial charge < -0.3 is 9.84 Å². The first-order valence-corrected chi connectivity index (χ1v) is 6.02. The summed E-state index contributed by atoms with van der Waals surface area (Å²) in [5, 5.41) is 8.81. The molecule has 0 bridgehead atoms. The van der Waals surface area contributed by atoms with E-state index in [1.54, 1.807) is 0 Å². The topological polar surface area (TPSA) is 46.5 Å². The van der Waals surface area contributed by atoms with Gasteiger partial charge in [-0.2, -0.15) is 0 Å². The van der Waals surface area contributed by atoms with Crippen LogP contribution in [0.25, 0.3) is 0 Å². The maximum atomic E-state index is 10.7. The molecular formula is C12H24O3. The van der Waals surface area contributed by atoms with Gasteiger partial charge in [0.15, 0.2) is 0 Å². The number of carbonyl (C=O) groups is 1. The summed E-state index contributed by atoms with van der Waals surface area (Å²) >= 11 is 0. The second kappa shape index (κ2) is 9.97. The van der Waals surface area contributed by atoms with E-state index in [1.807, 2.05) is 6.92 Å². The average molecular weight is 216 g/mol. The van der Waals surface area contributed by atoms with Crippen molar-refractivity contribution >= 4 is 5.97 Å². The Balaban J connectivity index is 3.25. The van der Waals surface area contributed by atoms with E-state index in [0.717, 1.165) is 25.9 Å². The minimum atomic E-state index is -0.677. The maximum absolute atomic E-state index is 10.7. The van der Waals surface area contributed by atoms with E-state index in [9.17, 15) is 4.79 Å². The lowest BCUT2D eigenvalue weighted by Gasteiger charge is -2.09. The van der Waals surface area contributed by atoms with Gasteiger partial charge in [-0.1, -0.05) is 26.7 Å². The molecule has 0 fully saturated rings. The quantitative estimate of drug-likeness (QED) is 0.571. The Labute approximate surface area is 92.8 Å². The highest BCUT2D eigenvalue weighted by Gasteiger charge is 2.13. The molecule has 0 aliphatic heterocycles. The highest BCUT2D eigenvalue weighted by atomic mass is 16.5. The minimum Gasteiger partial charge on any atom is -0.481 e. The van der Waals surface area contributed by atoms with Crippen molar-refractivity contribution < 1.29 is 14.6 Å². The summed E-state index contributed by atoms with van der Waals surface area (Å²) < 4.78 is 5.42. The van der Waals surface area contributed by atoms with Crippen LogP contribution in [0.5, 0.6) is 0 Å². The van der Waals surface area contributed by atoms with E-state index < -0.39 is 5.97 Å². The summed E-state index contributed by atoms with van der Waals surface area (Å²) in [5.74, 6) is -0.868. The lowest BCUT2D eigenvalue weighted by Crippen LogP contribution is -2.13. The van der Waals surface area contributed by atoms with Crippen LogP contribution in [0.3, 0.4) is 0 Å². The van der Waals surface area contributed by atoms with Gasteiger partial charge in [-0.05, 0) is 25.7 Å². The lowest BCUT2D eigenvalue weighted by atomic mass is 10.0. The van der Waals surface area contributed by atoms with Crippen LogP contribution in [0.1, 0.15) is 52.4 Å².